The summed E-state index contributed by atoms with van der Waals surface area (Å²) in [6, 6.07) is 3.68. The molecular formula is C14H18ClN3O2S. The Balaban J connectivity index is 1.62. The molecule has 1 aromatic rings. The van der Waals surface area contributed by atoms with E-state index in [0.717, 1.165) is 28.6 Å². The number of halogens is 1. The highest BCUT2D eigenvalue weighted by molar-refractivity contribution is 7.16. The summed E-state index contributed by atoms with van der Waals surface area (Å²) in [7, 11) is 1.81. The number of hydrogen-bond acceptors (Lipinski definition) is 3. The maximum absolute atomic E-state index is 12.4. The van der Waals surface area contributed by atoms with Crippen LogP contribution in [0.4, 0.5) is 4.79 Å². The van der Waals surface area contributed by atoms with E-state index in [2.05, 4.69) is 5.32 Å². The molecule has 1 aromatic heterocycles. The molecule has 5 nitrogen and oxygen atoms in total. The van der Waals surface area contributed by atoms with Gasteiger partial charge in [-0.15, -0.1) is 11.3 Å². The Hall–Kier alpha value is -1.27. The minimum Gasteiger partial charge on any atom is -0.343 e. The first-order chi connectivity index (χ1) is 10.1. The van der Waals surface area contributed by atoms with Crippen molar-refractivity contribution in [1.82, 2.24) is 15.1 Å². The van der Waals surface area contributed by atoms with Crippen molar-refractivity contribution in [1.29, 1.82) is 0 Å². The van der Waals surface area contributed by atoms with Gasteiger partial charge in [0.1, 0.15) is 0 Å². The van der Waals surface area contributed by atoms with Crippen LogP contribution in [-0.4, -0.2) is 47.9 Å². The molecule has 2 atom stereocenters. The Kier molecular flexibility index (Phi) is 4.08. The van der Waals surface area contributed by atoms with Crippen LogP contribution in [0, 0.1) is 5.92 Å². The molecular weight excluding hydrogens is 310 g/mol. The van der Waals surface area contributed by atoms with Crippen LogP contribution in [0.3, 0.4) is 0 Å². The fourth-order valence-corrected chi connectivity index (χ4v) is 4.21. The van der Waals surface area contributed by atoms with Gasteiger partial charge < -0.3 is 15.1 Å². The zero-order valence-electron chi connectivity index (χ0n) is 11.8. The molecule has 0 unspecified atom stereocenters. The van der Waals surface area contributed by atoms with Crippen molar-refractivity contribution in [2.45, 2.75) is 25.4 Å². The summed E-state index contributed by atoms with van der Waals surface area (Å²) in [5, 5.41) is 2.93. The first kappa shape index (κ1) is 14.7. The predicted molar refractivity (Wildman–Crippen MR) is 82.4 cm³/mol. The molecule has 1 N–H and O–H groups in total. The van der Waals surface area contributed by atoms with E-state index in [-0.39, 0.29) is 23.9 Å². The van der Waals surface area contributed by atoms with E-state index in [0.29, 0.717) is 13.1 Å². The number of fused-ring (bicyclic) bond motifs is 1. The number of carbonyl (C=O) groups excluding carboxylic acids is 2. The van der Waals surface area contributed by atoms with Gasteiger partial charge >= 0.3 is 6.03 Å². The molecule has 114 valence electrons. The molecule has 2 saturated heterocycles. The smallest absolute Gasteiger partial charge is 0.318 e. The van der Waals surface area contributed by atoms with Gasteiger partial charge in [-0.3, -0.25) is 4.79 Å². The number of nitrogens with one attached hydrogen (secondary N) is 1. The minimum atomic E-state index is -0.0858. The molecule has 2 aliphatic heterocycles. The monoisotopic (exact) mass is 327 g/mol. The van der Waals surface area contributed by atoms with Crippen LogP contribution in [-0.2, 0) is 11.3 Å². The van der Waals surface area contributed by atoms with Crippen molar-refractivity contribution in [3.63, 3.8) is 0 Å². The second-order valence-electron chi connectivity index (χ2n) is 5.59. The first-order valence-corrected chi connectivity index (χ1v) is 8.29. The molecule has 3 rings (SSSR count). The Morgan fingerprint density at radius 2 is 2.33 bits per heavy atom. The molecule has 7 heteroatoms. The minimum absolute atomic E-state index is 0.0168. The SMILES string of the molecule is CN1C[C@@H]2[C@@H](CCCN2C(=O)NCc2ccc(Cl)s2)C1=O. The molecule has 2 fully saturated rings. The topological polar surface area (TPSA) is 52.6 Å². The third-order valence-corrected chi connectivity index (χ3v) is 5.47. The fourth-order valence-electron chi connectivity index (χ4n) is 3.19. The maximum atomic E-state index is 12.4. The lowest BCUT2D eigenvalue weighted by molar-refractivity contribution is -0.130. The number of hydrogen-bond donors (Lipinski definition) is 1. The van der Waals surface area contributed by atoms with Gasteiger partial charge in [-0.1, -0.05) is 11.6 Å². The van der Waals surface area contributed by atoms with Gasteiger partial charge in [0, 0.05) is 25.0 Å². The molecule has 0 bridgehead atoms. The molecule has 0 aromatic carbocycles. The Labute approximate surface area is 132 Å². The van der Waals surface area contributed by atoms with Gasteiger partial charge in [-0.05, 0) is 25.0 Å². The van der Waals surface area contributed by atoms with E-state index in [4.69, 9.17) is 11.6 Å². The molecule has 3 heterocycles. The molecule has 2 aliphatic rings. The van der Waals surface area contributed by atoms with Crippen molar-refractivity contribution in [3.05, 3.63) is 21.3 Å². The maximum Gasteiger partial charge on any atom is 0.318 e. The number of nitrogens with zero attached hydrogens (tertiary/aromatic N) is 2. The van der Waals surface area contributed by atoms with Crippen LogP contribution in [0.15, 0.2) is 12.1 Å². The second kappa shape index (κ2) is 5.85. The lowest BCUT2D eigenvalue weighted by Gasteiger charge is -2.35. The summed E-state index contributed by atoms with van der Waals surface area (Å²) >= 11 is 7.35. The largest absolute Gasteiger partial charge is 0.343 e. The second-order valence-corrected chi connectivity index (χ2v) is 7.39. The van der Waals surface area contributed by atoms with E-state index in [1.807, 2.05) is 24.1 Å². The normalized spacial score (nSPS) is 25.1. The van der Waals surface area contributed by atoms with E-state index in [1.165, 1.54) is 11.3 Å². The molecule has 0 saturated carbocycles. The Morgan fingerprint density at radius 3 is 3.05 bits per heavy atom. The van der Waals surface area contributed by atoms with Crippen LogP contribution >= 0.6 is 22.9 Å². The zero-order valence-corrected chi connectivity index (χ0v) is 13.4. The van der Waals surface area contributed by atoms with E-state index < -0.39 is 0 Å². The highest BCUT2D eigenvalue weighted by atomic mass is 35.5. The summed E-state index contributed by atoms with van der Waals surface area (Å²) in [5.41, 5.74) is 0. The number of rotatable bonds is 2. The van der Waals surface area contributed by atoms with E-state index in [9.17, 15) is 9.59 Å². The summed E-state index contributed by atoms with van der Waals surface area (Å²) in [5.74, 6) is 0.147. The standard InChI is InChI=1S/C14H18ClN3O2S/c1-17-8-11-10(13(17)19)3-2-6-18(11)14(20)16-7-9-4-5-12(15)21-9/h4-5,10-11H,2-3,6-8H2,1H3,(H,16,20)/t10-,11-/m1/s1. The number of likely N-dealkylation sites (N-methyl/N-ethyl adjacent to an activating group) is 1. The van der Waals surface area contributed by atoms with Gasteiger partial charge in [-0.25, -0.2) is 4.79 Å². The number of urea groups is 1. The molecule has 21 heavy (non-hydrogen) atoms. The summed E-state index contributed by atoms with van der Waals surface area (Å²) in [4.78, 5) is 29.0. The number of thiophene rings is 1. The molecule has 3 amide bonds. The Bertz CT molecular complexity index is 562. The molecule has 0 spiro atoms. The quantitative estimate of drug-likeness (QED) is 0.905. The number of likely N-dealkylation sites (tertiary alicyclic amines) is 2. The van der Waals surface area contributed by atoms with Gasteiger partial charge in [0.2, 0.25) is 5.91 Å². The van der Waals surface area contributed by atoms with Crippen molar-refractivity contribution >= 4 is 34.9 Å². The van der Waals surface area contributed by atoms with Crippen LogP contribution in [0.2, 0.25) is 4.34 Å². The third kappa shape index (κ3) is 2.87. The van der Waals surface area contributed by atoms with E-state index in [1.54, 1.807) is 4.90 Å². The van der Waals surface area contributed by atoms with Crippen molar-refractivity contribution in [2.75, 3.05) is 20.1 Å². The number of piperidine rings is 1. The van der Waals surface area contributed by atoms with Gasteiger partial charge in [0.05, 0.1) is 22.8 Å². The lowest BCUT2D eigenvalue weighted by atomic mass is 9.92. The highest BCUT2D eigenvalue weighted by Crippen LogP contribution is 2.31. The average Bonchev–Trinajstić information content (AvgIpc) is 3.01. The van der Waals surface area contributed by atoms with Crippen LogP contribution in [0.25, 0.3) is 0 Å². The van der Waals surface area contributed by atoms with Crippen LogP contribution in [0.5, 0.6) is 0 Å². The van der Waals surface area contributed by atoms with Gasteiger partial charge in [-0.2, -0.15) is 0 Å². The lowest BCUT2D eigenvalue weighted by Crippen LogP contribution is -2.52. The van der Waals surface area contributed by atoms with Crippen LogP contribution < -0.4 is 5.32 Å². The fraction of sp³-hybridized carbons (Fsp3) is 0.571. The van der Waals surface area contributed by atoms with Crippen molar-refractivity contribution in [2.24, 2.45) is 5.92 Å². The first-order valence-electron chi connectivity index (χ1n) is 7.10. The molecule has 0 radical (unpaired) electrons. The van der Waals surface area contributed by atoms with E-state index >= 15 is 0 Å². The summed E-state index contributed by atoms with van der Waals surface area (Å²) in [6.07, 6.45) is 1.77. The summed E-state index contributed by atoms with van der Waals surface area (Å²) in [6.45, 7) is 1.84. The van der Waals surface area contributed by atoms with Gasteiger partial charge in [0.25, 0.3) is 0 Å². The summed E-state index contributed by atoms with van der Waals surface area (Å²) < 4.78 is 0.722. The molecule has 0 aliphatic carbocycles. The van der Waals surface area contributed by atoms with Gasteiger partial charge in [0.15, 0.2) is 0 Å². The zero-order chi connectivity index (χ0) is 15.0. The highest BCUT2D eigenvalue weighted by Gasteiger charge is 2.45. The van der Waals surface area contributed by atoms with Crippen molar-refractivity contribution in [3.8, 4) is 0 Å². The average molecular weight is 328 g/mol. The Morgan fingerprint density at radius 1 is 1.52 bits per heavy atom. The number of carbonyl (C=O) groups is 2. The van der Waals surface area contributed by atoms with Crippen LogP contribution in [0.1, 0.15) is 17.7 Å². The third-order valence-electron chi connectivity index (χ3n) is 4.24. The number of amides is 3. The predicted octanol–water partition coefficient (Wildman–Crippen LogP) is 2.16. The van der Waals surface area contributed by atoms with Crippen molar-refractivity contribution < 1.29 is 9.59 Å².